The van der Waals surface area contributed by atoms with Gasteiger partial charge in [0.05, 0.1) is 23.0 Å². The van der Waals surface area contributed by atoms with Crippen molar-refractivity contribution < 1.29 is 14.4 Å². The van der Waals surface area contributed by atoms with Gasteiger partial charge in [0.2, 0.25) is 11.8 Å². The molecule has 7 nitrogen and oxygen atoms in total. The summed E-state index contributed by atoms with van der Waals surface area (Å²) in [6, 6.07) is 13.7. The van der Waals surface area contributed by atoms with Gasteiger partial charge in [-0.3, -0.25) is 19.3 Å². The van der Waals surface area contributed by atoms with Crippen LogP contribution in [0.25, 0.3) is 11.0 Å². The van der Waals surface area contributed by atoms with E-state index < -0.39 is 0 Å². The molecule has 0 saturated carbocycles. The van der Waals surface area contributed by atoms with E-state index in [9.17, 15) is 14.4 Å². The molecule has 0 N–H and O–H groups in total. The summed E-state index contributed by atoms with van der Waals surface area (Å²) in [6.07, 6.45) is 5.06. The molecule has 28 heavy (non-hydrogen) atoms. The molecule has 1 fully saturated rings. The van der Waals surface area contributed by atoms with Crippen LogP contribution >= 0.6 is 0 Å². The quantitative estimate of drug-likeness (QED) is 0.510. The van der Waals surface area contributed by atoms with Gasteiger partial charge in [-0.15, -0.1) is 5.10 Å². The Morgan fingerprint density at radius 1 is 0.929 bits per heavy atom. The molecule has 3 aromatic rings. The van der Waals surface area contributed by atoms with Crippen molar-refractivity contribution in [2.45, 2.75) is 12.8 Å². The van der Waals surface area contributed by atoms with Gasteiger partial charge < -0.3 is 0 Å². The van der Waals surface area contributed by atoms with Crippen molar-refractivity contribution in [3.05, 3.63) is 66.2 Å². The lowest BCUT2D eigenvalue weighted by Gasteiger charge is -2.15. The highest BCUT2D eigenvalue weighted by atomic mass is 16.2. The first-order chi connectivity index (χ1) is 13.6. The number of allylic oxidation sites excluding steroid dienone is 2. The lowest BCUT2D eigenvalue weighted by molar-refractivity contribution is -0.122. The zero-order chi connectivity index (χ0) is 19.3. The number of hydrogen-bond acceptors (Lipinski definition) is 5. The van der Waals surface area contributed by atoms with Gasteiger partial charge in [0.25, 0.3) is 5.91 Å². The zero-order valence-electron chi connectivity index (χ0n) is 14.9. The molecule has 0 spiro atoms. The lowest BCUT2D eigenvalue weighted by Crippen LogP contribution is -2.31. The number of nitrogens with zero attached hydrogens (tertiary/aromatic N) is 4. The fraction of sp³-hybridized carbons (Fsp3) is 0.190. The molecule has 5 rings (SSSR count). The molecule has 138 valence electrons. The van der Waals surface area contributed by atoms with Crippen LogP contribution in [0.4, 0.5) is 5.69 Å². The fourth-order valence-electron chi connectivity index (χ4n) is 3.97. The predicted molar refractivity (Wildman–Crippen MR) is 102 cm³/mol. The molecule has 7 heteroatoms. The summed E-state index contributed by atoms with van der Waals surface area (Å²) in [5, 5.41) is 7.95. The second-order valence-electron chi connectivity index (χ2n) is 7.01. The van der Waals surface area contributed by atoms with E-state index in [4.69, 9.17) is 0 Å². The van der Waals surface area contributed by atoms with Crippen LogP contribution in [0.5, 0.6) is 0 Å². The number of aromatic nitrogens is 3. The van der Waals surface area contributed by atoms with E-state index in [1.807, 2.05) is 24.3 Å². The Bertz CT molecular complexity index is 1140. The molecule has 1 aliphatic carbocycles. The van der Waals surface area contributed by atoms with Gasteiger partial charge in [-0.05, 0) is 43.2 Å². The number of para-hydroxylation sites is 1. The van der Waals surface area contributed by atoms with Crippen LogP contribution < -0.4 is 4.90 Å². The maximum absolute atomic E-state index is 13.0. The first-order valence-electron chi connectivity index (χ1n) is 9.13. The molecule has 2 heterocycles. The van der Waals surface area contributed by atoms with Gasteiger partial charge in [-0.2, -0.15) is 4.68 Å². The Morgan fingerprint density at radius 2 is 1.64 bits per heavy atom. The monoisotopic (exact) mass is 372 g/mol. The number of carbonyl (C=O) groups is 3. The smallest absolute Gasteiger partial charge is 0.274 e. The van der Waals surface area contributed by atoms with Crippen LogP contribution in [0, 0.1) is 11.8 Å². The van der Waals surface area contributed by atoms with E-state index in [1.165, 1.54) is 9.58 Å². The fourth-order valence-corrected chi connectivity index (χ4v) is 3.97. The van der Waals surface area contributed by atoms with Crippen LogP contribution in [-0.2, 0) is 9.59 Å². The first-order valence-corrected chi connectivity index (χ1v) is 9.13. The number of rotatable bonds is 2. The Morgan fingerprint density at radius 3 is 2.39 bits per heavy atom. The third-order valence-electron chi connectivity index (χ3n) is 5.40. The van der Waals surface area contributed by atoms with E-state index in [-0.39, 0.29) is 29.6 Å². The predicted octanol–water partition coefficient (Wildman–Crippen LogP) is 2.58. The number of amides is 2. The highest BCUT2D eigenvalue weighted by Crippen LogP contribution is 2.37. The summed E-state index contributed by atoms with van der Waals surface area (Å²) in [4.78, 5) is 39.8. The maximum atomic E-state index is 13.0. The Balaban J connectivity index is 1.51. The van der Waals surface area contributed by atoms with Gasteiger partial charge in [0.1, 0.15) is 5.52 Å². The number of imide groups is 1. The zero-order valence-corrected chi connectivity index (χ0v) is 14.9. The number of benzene rings is 2. The molecule has 1 saturated heterocycles. The average molecular weight is 372 g/mol. The first kappa shape index (κ1) is 16.6. The molecule has 2 aromatic carbocycles. The van der Waals surface area contributed by atoms with E-state index >= 15 is 0 Å². The Kier molecular flexibility index (Phi) is 3.68. The van der Waals surface area contributed by atoms with Crippen molar-refractivity contribution in [1.29, 1.82) is 0 Å². The second kappa shape index (κ2) is 6.23. The summed E-state index contributed by atoms with van der Waals surface area (Å²) >= 11 is 0. The van der Waals surface area contributed by atoms with Gasteiger partial charge in [-0.25, -0.2) is 0 Å². The summed E-state index contributed by atoms with van der Waals surface area (Å²) < 4.78 is 1.23. The van der Waals surface area contributed by atoms with Gasteiger partial charge in [0, 0.05) is 5.56 Å². The summed E-state index contributed by atoms with van der Waals surface area (Å²) in [7, 11) is 0. The second-order valence-corrected chi connectivity index (χ2v) is 7.01. The molecule has 1 aliphatic heterocycles. The SMILES string of the molecule is O=C1[C@H]2CC=CC[C@@H]2C(=O)N1c1cccc(C(=O)n2nnc3ccccc32)c1. The minimum atomic E-state index is -0.367. The van der Waals surface area contributed by atoms with Crippen LogP contribution in [0.3, 0.4) is 0 Å². The number of hydrogen-bond donors (Lipinski definition) is 0. The molecule has 2 amide bonds. The van der Waals surface area contributed by atoms with Crippen LogP contribution in [0.1, 0.15) is 23.2 Å². The molecule has 0 unspecified atom stereocenters. The topological polar surface area (TPSA) is 85.2 Å². The van der Waals surface area contributed by atoms with Crippen molar-refractivity contribution in [3.8, 4) is 0 Å². The van der Waals surface area contributed by atoms with Crippen molar-refractivity contribution in [2.24, 2.45) is 11.8 Å². The maximum Gasteiger partial charge on any atom is 0.280 e. The molecule has 0 radical (unpaired) electrons. The number of anilines is 1. The van der Waals surface area contributed by atoms with Gasteiger partial charge >= 0.3 is 0 Å². The Labute approximate surface area is 160 Å². The molecule has 2 atom stereocenters. The minimum absolute atomic E-state index is 0.199. The van der Waals surface area contributed by atoms with E-state index in [1.54, 1.807) is 36.4 Å². The summed E-state index contributed by atoms with van der Waals surface area (Å²) in [6.45, 7) is 0. The third-order valence-corrected chi connectivity index (χ3v) is 5.40. The largest absolute Gasteiger partial charge is 0.280 e. The highest BCUT2D eigenvalue weighted by molar-refractivity contribution is 6.22. The van der Waals surface area contributed by atoms with E-state index in [0.717, 1.165) is 0 Å². The molecular weight excluding hydrogens is 356 g/mol. The van der Waals surface area contributed by atoms with Crippen LogP contribution in [-0.4, -0.2) is 32.7 Å². The number of fused-ring (bicyclic) bond motifs is 2. The molecule has 1 aromatic heterocycles. The van der Waals surface area contributed by atoms with E-state index in [2.05, 4.69) is 10.3 Å². The molecule has 2 aliphatic rings. The van der Waals surface area contributed by atoms with Crippen molar-refractivity contribution >= 4 is 34.4 Å². The standard InChI is InChI=1S/C21H16N4O3/c26-19(25-18-11-4-3-10-17(18)22-23-25)13-6-5-7-14(12-13)24-20(27)15-8-1-2-9-16(15)21(24)28/h1-7,10-12,15-16H,8-9H2/t15-,16-/m0/s1. The summed E-state index contributed by atoms with van der Waals surface area (Å²) in [5.41, 5.74) is 1.97. The summed E-state index contributed by atoms with van der Waals surface area (Å²) in [5.74, 6) is -1.38. The van der Waals surface area contributed by atoms with Gasteiger partial charge in [-0.1, -0.05) is 35.6 Å². The average Bonchev–Trinajstić information content (AvgIpc) is 3.27. The molecule has 0 bridgehead atoms. The van der Waals surface area contributed by atoms with Crippen molar-refractivity contribution in [3.63, 3.8) is 0 Å². The third kappa shape index (κ3) is 2.40. The highest BCUT2D eigenvalue weighted by Gasteiger charge is 2.47. The van der Waals surface area contributed by atoms with Crippen molar-refractivity contribution in [1.82, 2.24) is 15.0 Å². The number of carbonyl (C=O) groups excluding carboxylic acids is 3. The van der Waals surface area contributed by atoms with Gasteiger partial charge in [0.15, 0.2) is 0 Å². The van der Waals surface area contributed by atoms with Crippen molar-refractivity contribution in [2.75, 3.05) is 4.90 Å². The molecular formula is C21H16N4O3. The minimum Gasteiger partial charge on any atom is -0.274 e. The Hall–Kier alpha value is -3.61. The normalized spacial score (nSPS) is 21.4. The van der Waals surface area contributed by atoms with E-state index in [0.29, 0.717) is 35.1 Å². The van der Waals surface area contributed by atoms with Crippen LogP contribution in [0.15, 0.2) is 60.7 Å². The van der Waals surface area contributed by atoms with Crippen LogP contribution in [0.2, 0.25) is 0 Å². The lowest BCUT2D eigenvalue weighted by atomic mass is 9.85.